The Labute approximate surface area is 361 Å². The van der Waals surface area contributed by atoms with Gasteiger partial charge in [-0.15, -0.1) is 0 Å². The van der Waals surface area contributed by atoms with Crippen LogP contribution in [0.3, 0.4) is 0 Å². The highest BCUT2D eigenvalue weighted by molar-refractivity contribution is 5.31. The number of hydrogen-bond acceptors (Lipinski definition) is 6. The van der Waals surface area contributed by atoms with E-state index < -0.39 is 0 Å². The average molecular weight is 818 g/mol. The summed E-state index contributed by atoms with van der Waals surface area (Å²) in [5.41, 5.74) is 13.0. The molecule has 10 nitrogen and oxygen atoms in total. The van der Waals surface area contributed by atoms with Gasteiger partial charge in [0.2, 0.25) is 0 Å². The van der Waals surface area contributed by atoms with Gasteiger partial charge in [0.15, 0.2) is 5.89 Å². The van der Waals surface area contributed by atoms with Crippen molar-refractivity contribution in [2.24, 2.45) is 21.1 Å². The Morgan fingerprint density at radius 2 is 0.898 bits per heavy atom. The van der Waals surface area contributed by atoms with Crippen molar-refractivity contribution in [2.45, 2.75) is 207 Å². The lowest BCUT2D eigenvalue weighted by atomic mass is 9.85. The monoisotopic (exact) mass is 818 g/mol. The number of rotatable bonds is 0. The van der Waals surface area contributed by atoms with Crippen molar-refractivity contribution in [3.63, 3.8) is 0 Å². The molecule has 0 atom stereocenters. The van der Waals surface area contributed by atoms with E-state index in [2.05, 4.69) is 205 Å². The van der Waals surface area contributed by atoms with Crippen molar-refractivity contribution in [1.82, 2.24) is 43.4 Å². The van der Waals surface area contributed by atoms with Crippen molar-refractivity contribution in [3.8, 4) is 0 Å². The van der Waals surface area contributed by atoms with Crippen LogP contribution in [0.15, 0.2) is 4.42 Å². The third-order valence-electron chi connectivity index (χ3n) is 10.5. The molecule has 10 heteroatoms. The molecule has 0 saturated carbocycles. The minimum atomic E-state index is 0.0747. The second kappa shape index (κ2) is 19.2. The van der Waals surface area contributed by atoms with Crippen LogP contribution in [0.1, 0.15) is 190 Å². The minimum Gasteiger partial charge on any atom is -0.445 e. The molecule has 0 spiro atoms. The number of hydrogen-bond donors (Lipinski definition) is 0. The lowest BCUT2D eigenvalue weighted by Gasteiger charge is -2.24. The molecule has 5 heterocycles. The van der Waals surface area contributed by atoms with Crippen LogP contribution in [-0.2, 0) is 48.3 Å². The largest absolute Gasteiger partial charge is 0.445 e. The lowest BCUT2D eigenvalue weighted by molar-refractivity contribution is 0.380. The highest BCUT2D eigenvalue weighted by atomic mass is 16.4. The maximum Gasteiger partial charge on any atom is 0.191 e. The fourth-order valence-corrected chi connectivity index (χ4v) is 8.10. The summed E-state index contributed by atoms with van der Waals surface area (Å²) in [5.74, 6) is 5.05. The topological polar surface area (TPSA) is 97.3 Å². The zero-order valence-corrected chi connectivity index (χ0v) is 43.4. The molecule has 5 rings (SSSR count). The van der Waals surface area contributed by atoms with Gasteiger partial charge < -0.3 is 18.1 Å². The molecular weight excluding hydrogens is 731 g/mol. The van der Waals surface area contributed by atoms with Crippen LogP contribution in [-0.4, -0.2) is 43.4 Å². The molecular formula is C49H87N9O. The minimum absolute atomic E-state index is 0.0747. The Balaban J connectivity index is 0.000000369. The number of oxazole rings is 1. The molecule has 0 amide bonds. The van der Waals surface area contributed by atoms with Gasteiger partial charge in [-0.3, -0.25) is 4.68 Å². The summed E-state index contributed by atoms with van der Waals surface area (Å²) >= 11 is 0. The first kappa shape index (κ1) is 53.1. The van der Waals surface area contributed by atoms with Gasteiger partial charge in [0.05, 0.1) is 28.5 Å². The lowest BCUT2D eigenvalue weighted by Crippen LogP contribution is -2.24. The van der Waals surface area contributed by atoms with Crippen molar-refractivity contribution in [3.05, 3.63) is 85.9 Å². The summed E-state index contributed by atoms with van der Waals surface area (Å²) in [6.07, 6.45) is 0. The summed E-state index contributed by atoms with van der Waals surface area (Å²) in [7, 11) is 6.14. The Morgan fingerprint density at radius 3 is 1.07 bits per heavy atom. The van der Waals surface area contributed by atoms with Crippen molar-refractivity contribution < 1.29 is 4.42 Å². The van der Waals surface area contributed by atoms with E-state index in [0.717, 1.165) is 51.9 Å². The van der Waals surface area contributed by atoms with E-state index in [0.29, 0.717) is 0 Å². The van der Waals surface area contributed by atoms with E-state index in [1.54, 1.807) is 0 Å². The fourth-order valence-electron chi connectivity index (χ4n) is 8.10. The maximum atomic E-state index is 5.47. The van der Waals surface area contributed by atoms with Crippen molar-refractivity contribution in [2.75, 3.05) is 0 Å². The quantitative estimate of drug-likeness (QED) is 0.154. The predicted octanol–water partition coefficient (Wildman–Crippen LogP) is 12.2. The maximum absolute atomic E-state index is 5.47. The molecule has 0 aliphatic heterocycles. The molecule has 5 aromatic heterocycles. The van der Waals surface area contributed by atoms with Gasteiger partial charge in [0, 0.05) is 78.2 Å². The first-order valence-corrected chi connectivity index (χ1v) is 21.3. The molecule has 0 fully saturated rings. The summed E-state index contributed by atoms with van der Waals surface area (Å²) in [4.78, 5) is 17.6. The molecule has 0 aliphatic rings. The Kier molecular flexibility index (Phi) is 17.3. The standard InChI is InChI=1S/4C10H18N2.C9H15NO/c1-7-9(10(3,4)5)11-8(2)12(7)6;1-7-9(10(3,4)5)12(6)8(2)11-7;1-7-9(10(3,4)5)8(2)12(6)11-7;1-7-8(2)12(9(3)11-7)10(4,5)6;1-6-8(9(3,4)5)11-7(2)10-6/h4*1-6H3;1-5H3. The molecule has 0 aliphatic carbocycles. The van der Waals surface area contributed by atoms with E-state index in [1.165, 1.54) is 34.0 Å². The van der Waals surface area contributed by atoms with E-state index >= 15 is 0 Å². The van der Waals surface area contributed by atoms with E-state index in [1.807, 2.05) is 39.4 Å². The van der Waals surface area contributed by atoms with Crippen LogP contribution < -0.4 is 0 Å². The highest BCUT2D eigenvalue weighted by Crippen LogP contribution is 2.29. The predicted molar refractivity (Wildman–Crippen MR) is 250 cm³/mol. The van der Waals surface area contributed by atoms with Gasteiger partial charge in [0.25, 0.3) is 0 Å². The van der Waals surface area contributed by atoms with Crippen LogP contribution in [0.25, 0.3) is 0 Å². The Morgan fingerprint density at radius 1 is 0.424 bits per heavy atom. The van der Waals surface area contributed by atoms with Crippen LogP contribution in [0.4, 0.5) is 0 Å². The molecule has 0 bridgehead atoms. The summed E-state index contributed by atoms with van der Waals surface area (Å²) in [6, 6.07) is 0. The molecule has 0 radical (unpaired) electrons. The van der Waals surface area contributed by atoms with Gasteiger partial charge >= 0.3 is 0 Å². The van der Waals surface area contributed by atoms with Crippen LogP contribution in [0, 0.1) is 76.2 Å². The molecule has 334 valence electrons. The first-order chi connectivity index (χ1) is 26.3. The first-order valence-electron chi connectivity index (χ1n) is 21.3. The van der Waals surface area contributed by atoms with Crippen molar-refractivity contribution >= 4 is 0 Å². The third-order valence-corrected chi connectivity index (χ3v) is 10.5. The zero-order chi connectivity index (χ0) is 46.7. The summed E-state index contributed by atoms with van der Waals surface area (Å²) in [6.45, 7) is 55.5. The van der Waals surface area contributed by atoms with Crippen molar-refractivity contribution in [1.29, 1.82) is 0 Å². The smallest absolute Gasteiger partial charge is 0.191 e. The van der Waals surface area contributed by atoms with Crippen LogP contribution >= 0.6 is 0 Å². The molecule has 0 unspecified atom stereocenters. The summed E-state index contributed by atoms with van der Waals surface area (Å²) < 4.78 is 14.0. The molecule has 0 aromatic carbocycles. The van der Waals surface area contributed by atoms with Gasteiger partial charge in [0.1, 0.15) is 23.2 Å². The van der Waals surface area contributed by atoms with E-state index in [4.69, 9.17) is 4.42 Å². The second-order valence-electron chi connectivity index (χ2n) is 21.5. The van der Waals surface area contributed by atoms with Gasteiger partial charge in [-0.25, -0.2) is 19.9 Å². The summed E-state index contributed by atoms with van der Waals surface area (Å²) in [5, 5.41) is 4.39. The molecule has 0 saturated heterocycles. The number of aromatic nitrogens is 9. The number of aryl methyl sites for hydroxylation is 9. The zero-order valence-electron chi connectivity index (χ0n) is 43.4. The fraction of sp³-hybridized carbons (Fsp3) is 0.694. The van der Waals surface area contributed by atoms with Crippen LogP contribution in [0.2, 0.25) is 0 Å². The van der Waals surface area contributed by atoms with Crippen LogP contribution in [0.5, 0.6) is 0 Å². The average Bonchev–Trinajstić information content (AvgIpc) is 3.75. The highest BCUT2D eigenvalue weighted by Gasteiger charge is 2.25. The van der Waals surface area contributed by atoms with Gasteiger partial charge in [-0.2, -0.15) is 5.10 Å². The third kappa shape index (κ3) is 14.1. The Hall–Kier alpha value is -3.95. The Bertz CT molecular complexity index is 1980. The van der Waals surface area contributed by atoms with Gasteiger partial charge in [-0.05, 0) is 95.4 Å². The number of nitrogens with zero attached hydrogens (tertiary/aromatic N) is 9. The van der Waals surface area contributed by atoms with Gasteiger partial charge in [-0.1, -0.05) is 83.1 Å². The SMILES string of the molecule is Cc1nc(C(C)(C)C)c(C)n1C.Cc1nc(C)c(C(C)(C)C)o1.Cc1nc(C)n(C(C)(C)C)c1C.Cc1nc(C)n(C)c1C(C)(C)C.Cc1nn(C)c(C)c1C(C)(C)C. The molecule has 5 aromatic rings. The van der Waals surface area contributed by atoms with E-state index in [9.17, 15) is 0 Å². The molecule has 59 heavy (non-hydrogen) atoms. The normalized spacial score (nSPS) is 12.2. The number of imidazole rings is 3. The second-order valence-corrected chi connectivity index (χ2v) is 21.5. The molecule has 0 N–H and O–H groups in total. The van der Waals surface area contributed by atoms with E-state index in [-0.39, 0.29) is 27.2 Å².